The van der Waals surface area contributed by atoms with Gasteiger partial charge in [-0.05, 0) is 42.7 Å². The van der Waals surface area contributed by atoms with Gasteiger partial charge in [-0.15, -0.1) is 0 Å². The molecule has 4 nitrogen and oxygen atoms in total. The predicted octanol–water partition coefficient (Wildman–Crippen LogP) is 2.66. The van der Waals surface area contributed by atoms with E-state index in [0.717, 1.165) is 24.1 Å². The van der Waals surface area contributed by atoms with Crippen molar-refractivity contribution in [2.75, 3.05) is 4.90 Å². The van der Waals surface area contributed by atoms with E-state index in [-0.39, 0.29) is 17.7 Å². The normalized spacial score (nSPS) is 14.0. The van der Waals surface area contributed by atoms with Crippen molar-refractivity contribution in [2.45, 2.75) is 25.4 Å². The largest absolute Gasteiger partial charge is 0.507 e. The van der Waals surface area contributed by atoms with Crippen molar-refractivity contribution in [1.29, 1.82) is 0 Å². The third-order valence-corrected chi connectivity index (χ3v) is 3.72. The highest BCUT2D eigenvalue weighted by Crippen LogP contribution is 2.34. The van der Waals surface area contributed by atoms with Gasteiger partial charge >= 0.3 is 0 Å². The zero-order valence-electron chi connectivity index (χ0n) is 11.7. The van der Waals surface area contributed by atoms with Crippen LogP contribution in [0.1, 0.15) is 28.8 Å². The fourth-order valence-electron chi connectivity index (χ4n) is 2.40. The van der Waals surface area contributed by atoms with Gasteiger partial charge < -0.3 is 15.7 Å². The lowest BCUT2D eigenvalue weighted by molar-refractivity contribution is 0.0982. The third kappa shape index (κ3) is 2.76. The van der Waals surface area contributed by atoms with E-state index < -0.39 is 0 Å². The Morgan fingerprint density at radius 2 is 1.81 bits per heavy atom. The summed E-state index contributed by atoms with van der Waals surface area (Å²) in [5, 5.41) is 9.90. The molecule has 0 aliphatic heterocycles. The molecule has 1 saturated carbocycles. The molecule has 0 spiro atoms. The molecular weight excluding hydrogens is 264 g/mol. The SMILES string of the molecule is NCc1ccc(N(C(=O)c2ccccc2O)C2CC2)cc1. The minimum absolute atomic E-state index is 0.0201. The zero-order valence-corrected chi connectivity index (χ0v) is 11.7. The highest BCUT2D eigenvalue weighted by Gasteiger charge is 2.35. The zero-order chi connectivity index (χ0) is 14.8. The molecule has 0 saturated heterocycles. The number of aromatic hydroxyl groups is 1. The average molecular weight is 282 g/mol. The number of nitrogens with zero attached hydrogens (tertiary/aromatic N) is 1. The second-order valence-corrected chi connectivity index (χ2v) is 5.29. The molecule has 21 heavy (non-hydrogen) atoms. The molecule has 108 valence electrons. The van der Waals surface area contributed by atoms with Gasteiger partial charge in [0.25, 0.3) is 5.91 Å². The van der Waals surface area contributed by atoms with Crippen LogP contribution < -0.4 is 10.6 Å². The first-order valence-electron chi connectivity index (χ1n) is 7.11. The molecule has 2 aromatic carbocycles. The molecule has 0 bridgehead atoms. The Balaban J connectivity index is 1.94. The van der Waals surface area contributed by atoms with E-state index >= 15 is 0 Å². The quantitative estimate of drug-likeness (QED) is 0.906. The Kier molecular flexibility index (Phi) is 3.62. The topological polar surface area (TPSA) is 66.6 Å². The Morgan fingerprint density at radius 3 is 2.38 bits per heavy atom. The third-order valence-electron chi connectivity index (χ3n) is 3.72. The Morgan fingerprint density at radius 1 is 1.14 bits per heavy atom. The van der Waals surface area contributed by atoms with Gasteiger partial charge in [-0.25, -0.2) is 0 Å². The Hall–Kier alpha value is -2.33. The number of hydrogen-bond donors (Lipinski definition) is 2. The highest BCUT2D eigenvalue weighted by atomic mass is 16.3. The Labute approximate surface area is 123 Å². The number of phenolic OH excluding ortho intramolecular Hbond substituents is 1. The first kappa shape index (κ1) is 13.6. The molecule has 0 radical (unpaired) electrons. The molecule has 0 aromatic heterocycles. The lowest BCUT2D eigenvalue weighted by Crippen LogP contribution is -2.33. The van der Waals surface area contributed by atoms with E-state index in [0.29, 0.717) is 12.1 Å². The summed E-state index contributed by atoms with van der Waals surface area (Å²) in [7, 11) is 0. The fraction of sp³-hybridized carbons (Fsp3) is 0.235. The van der Waals surface area contributed by atoms with Gasteiger partial charge in [-0.1, -0.05) is 24.3 Å². The summed E-state index contributed by atoms with van der Waals surface area (Å²) in [5.74, 6) is -0.136. The number of hydrogen-bond acceptors (Lipinski definition) is 3. The lowest BCUT2D eigenvalue weighted by atomic mass is 10.1. The minimum Gasteiger partial charge on any atom is -0.507 e. The monoisotopic (exact) mass is 282 g/mol. The number of anilines is 1. The van der Waals surface area contributed by atoms with Gasteiger partial charge in [0, 0.05) is 18.3 Å². The average Bonchev–Trinajstić information content (AvgIpc) is 3.33. The maximum atomic E-state index is 12.7. The molecular formula is C17H18N2O2. The van der Waals surface area contributed by atoms with Gasteiger partial charge in [-0.2, -0.15) is 0 Å². The van der Waals surface area contributed by atoms with E-state index in [1.807, 2.05) is 24.3 Å². The van der Waals surface area contributed by atoms with Gasteiger partial charge in [0.05, 0.1) is 5.56 Å². The van der Waals surface area contributed by atoms with Crippen molar-refractivity contribution >= 4 is 11.6 Å². The number of amides is 1. The summed E-state index contributed by atoms with van der Waals surface area (Å²) >= 11 is 0. The fourth-order valence-corrected chi connectivity index (χ4v) is 2.40. The van der Waals surface area contributed by atoms with Crippen LogP contribution in [0.15, 0.2) is 48.5 Å². The van der Waals surface area contributed by atoms with Crippen LogP contribution in [0.25, 0.3) is 0 Å². The van der Waals surface area contributed by atoms with E-state index in [1.165, 1.54) is 6.07 Å². The summed E-state index contributed by atoms with van der Waals surface area (Å²) < 4.78 is 0. The van der Waals surface area contributed by atoms with Crippen LogP contribution in [0.4, 0.5) is 5.69 Å². The second-order valence-electron chi connectivity index (χ2n) is 5.29. The molecule has 1 aliphatic rings. The van der Waals surface area contributed by atoms with Crippen molar-refractivity contribution in [3.05, 3.63) is 59.7 Å². The highest BCUT2D eigenvalue weighted by molar-refractivity contribution is 6.08. The number of carbonyl (C=O) groups is 1. The van der Waals surface area contributed by atoms with Gasteiger partial charge in [-0.3, -0.25) is 4.79 Å². The van der Waals surface area contributed by atoms with Crippen molar-refractivity contribution in [2.24, 2.45) is 5.73 Å². The summed E-state index contributed by atoms with van der Waals surface area (Å²) in [6.07, 6.45) is 2.00. The van der Waals surface area contributed by atoms with Crippen LogP contribution in [0.2, 0.25) is 0 Å². The molecule has 3 N–H and O–H groups in total. The molecule has 1 aliphatic carbocycles. The van der Waals surface area contributed by atoms with Crippen LogP contribution in [0, 0.1) is 0 Å². The first-order valence-corrected chi connectivity index (χ1v) is 7.11. The molecule has 0 heterocycles. The molecule has 0 atom stereocenters. The van der Waals surface area contributed by atoms with Crippen molar-refractivity contribution in [3.8, 4) is 5.75 Å². The summed E-state index contributed by atoms with van der Waals surface area (Å²) in [6.45, 7) is 0.483. The molecule has 0 unspecified atom stereocenters. The number of phenols is 1. The van der Waals surface area contributed by atoms with Gasteiger partial charge in [0.1, 0.15) is 5.75 Å². The van der Waals surface area contributed by atoms with Crippen molar-refractivity contribution in [1.82, 2.24) is 0 Å². The number of carbonyl (C=O) groups excluding carboxylic acids is 1. The van der Waals surface area contributed by atoms with E-state index in [2.05, 4.69) is 0 Å². The number of benzene rings is 2. The van der Waals surface area contributed by atoms with Gasteiger partial charge in [0.2, 0.25) is 0 Å². The van der Waals surface area contributed by atoms with Crippen LogP contribution in [0.5, 0.6) is 5.75 Å². The van der Waals surface area contributed by atoms with E-state index in [1.54, 1.807) is 23.1 Å². The van der Waals surface area contributed by atoms with Gasteiger partial charge in [0.15, 0.2) is 0 Å². The number of para-hydroxylation sites is 1. The van der Waals surface area contributed by atoms with Crippen LogP contribution in [0.3, 0.4) is 0 Å². The summed E-state index contributed by atoms with van der Waals surface area (Å²) in [6, 6.07) is 14.6. The molecule has 4 heteroatoms. The van der Waals surface area contributed by atoms with E-state index in [9.17, 15) is 9.90 Å². The molecule has 1 amide bonds. The summed E-state index contributed by atoms with van der Waals surface area (Å²) in [4.78, 5) is 14.5. The smallest absolute Gasteiger partial charge is 0.262 e. The minimum atomic E-state index is -0.156. The number of nitrogens with two attached hydrogens (primary N) is 1. The standard InChI is InChI=1S/C17H18N2O2/c18-11-12-5-7-13(8-6-12)19(14-9-10-14)17(21)15-3-1-2-4-16(15)20/h1-8,14,20H,9-11,18H2. The van der Waals surface area contributed by atoms with Crippen molar-refractivity contribution in [3.63, 3.8) is 0 Å². The van der Waals surface area contributed by atoms with Crippen LogP contribution in [-0.4, -0.2) is 17.1 Å². The predicted molar refractivity (Wildman–Crippen MR) is 82.3 cm³/mol. The maximum Gasteiger partial charge on any atom is 0.262 e. The van der Waals surface area contributed by atoms with E-state index in [4.69, 9.17) is 5.73 Å². The molecule has 3 rings (SSSR count). The summed E-state index contributed by atoms with van der Waals surface area (Å²) in [5.41, 5.74) is 7.83. The Bertz CT molecular complexity index is 648. The number of rotatable bonds is 4. The maximum absolute atomic E-state index is 12.7. The first-order chi connectivity index (χ1) is 10.2. The van der Waals surface area contributed by atoms with Crippen LogP contribution in [-0.2, 0) is 6.54 Å². The van der Waals surface area contributed by atoms with Crippen molar-refractivity contribution < 1.29 is 9.90 Å². The molecule has 1 fully saturated rings. The second kappa shape index (κ2) is 5.58. The molecule has 2 aromatic rings. The van der Waals surface area contributed by atoms with Crippen LogP contribution >= 0.6 is 0 Å². The lowest BCUT2D eigenvalue weighted by Gasteiger charge is -2.23.